The van der Waals surface area contributed by atoms with Gasteiger partial charge in [-0.05, 0) is 39.0 Å². The molecule has 94 valence electrons. The van der Waals surface area contributed by atoms with E-state index in [-0.39, 0.29) is 12.4 Å². The topological polar surface area (TPSA) is 78.8 Å². The summed E-state index contributed by atoms with van der Waals surface area (Å²) in [4.78, 5) is 11.5. The predicted molar refractivity (Wildman–Crippen MR) is 63.9 cm³/mol. The molecule has 0 bridgehead atoms. The number of ether oxygens (including phenoxy) is 1. The van der Waals surface area contributed by atoms with Crippen molar-refractivity contribution in [3.05, 3.63) is 23.8 Å². The van der Waals surface area contributed by atoms with Crippen LogP contribution in [0.1, 0.15) is 26.3 Å². The molecular weight excluding hydrogens is 222 g/mol. The van der Waals surface area contributed by atoms with Gasteiger partial charge < -0.3 is 14.9 Å². The summed E-state index contributed by atoms with van der Waals surface area (Å²) in [6.45, 7) is 5.00. The first kappa shape index (κ1) is 13.3. The van der Waals surface area contributed by atoms with Gasteiger partial charge in [-0.3, -0.25) is 5.32 Å². The second-order valence-electron chi connectivity index (χ2n) is 4.63. The lowest BCUT2D eigenvalue weighted by atomic mass is 10.2. The number of carbonyl (C=O) groups excluding carboxylic acids is 1. The van der Waals surface area contributed by atoms with Gasteiger partial charge in [-0.25, -0.2) is 4.79 Å². The summed E-state index contributed by atoms with van der Waals surface area (Å²) >= 11 is 0. The molecule has 1 amide bonds. The highest BCUT2D eigenvalue weighted by Crippen LogP contribution is 2.22. The fourth-order valence-electron chi connectivity index (χ4n) is 1.25. The van der Waals surface area contributed by atoms with Crippen LogP contribution in [0.25, 0.3) is 0 Å². The van der Waals surface area contributed by atoms with Crippen LogP contribution in [-0.2, 0) is 11.3 Å². The summed E-state index contributed by atoms with van der Waals surface area (Å²) in [5.74, 6) is 0.0313. The van der Waals surface area contributed by atoms with Crippen molar-refractivity contribution >= 4 is 11.8 Å². The molecule has 1 aromatic rings. The van der Waals surface area contributed by atoms with Crippen LogP contribution in [0.2, 0.25) is 0 Å². The van der Waals surface area contributed by atoms with Crippen molar-refractivity contribution in [3.8, 4) is 5.75 Å². The van der Waals surface area contributed by atoms with Crippen molar-refractivity contribution in [2.24, 2.45) is 0 Å². The van der Waals surface area contributed by atoms with Crippen molar-refractivity contribution in [1.29, 1.82) is 0 Å². The SMILES string of the molecule is CC(C)(C)OC(=O)Nc1ccc(O)cc1CO. The van der Waals surface area contributed by atoms with E-state index < -0.39 is 11.7 Å². The fraction of sp³-hybridized carbons (Fsp3) is 0.417. The van der Waals surface area contributed by atoms with Crippen molar-refractivity contribution in [2.75, 3.05) is 5.32 Å². The number of rotatable bonds is 2. The number of hydrogen-bond donors (Lipinski definition) is 3. The molecule has 1 rings (SSSR count). The van der Waals surface area contributed by atoms with E-state index >= 15 is 0 Å². The number of aliphatic hydroxyl groups excluding tert-OH is 1. The van der Waals surface area contributed by atoms with Crippen LogP contribution in [-0.4, -0.2) is 21.9 Å². The van der Waals surface area contributed by atoms with E-state index in [0.29, 0.717) is 11.3 Å². The average Bonchev–Trinajstić information content (AvgIpc) is 2.17. The normalized spacial score (nSPS) is 11.1. The first-order chi connectivity index (χ1) is 7.81. The maximum absolute atomic E-state index is 11.5. The van der Waals surface area contributed by atoms with E-state index in [1.807, 2.05) is 0 Å². The number of amides is 1. The molecule has 0 aromatic heterocycles. The summed E-state index contributed by atoms with van der Waals surface area (Å²) in [6.07, 6.45) is -0.599. The molecule has 0 aliphatic carbocycles. The minimum atomic E-state index is -0.599. The summed E-state index contributed by atoms with van der Waals surface area (Å²) in [5, 5.41) is 20.8. The van der Waals surface area contributed by atoms with Gasteiger partial charge in [0, 0.05) is 11.3 Å². The third-order valence-electron chi connectivity index (χ3n) is 1.89. The third kappa shape index (κ3) is 4.32. The molecule has 0 aliphatic rings. The number of carbonyl (C=O) groups is 1. The van der Waals surface area contributed by atoms with E-state index in [0.717, 1.165) is 0 Å². The fourth-order valence-corrected chi connectivity index (χ4v) is 1.25. The molecule has 0 fully saturated rings. The number of nitrogens with one attached hydrogen (secondary N) is 1. The van der Waals surface area contributed by atoms with E-state index in [1.165, 1.54) is 18.2 Å². The van der Waals surface area contributed by atoms with Crippen LogP contribution in [0.5, 0.6) is 5.75 Å². The van der Waals surface area contributed by atoms with E-state index in [1.54, 1.807) is 20.8 Å². The maximum atomic E-state index is 11.5. The number of phenols is 1. The number of anilines is 1. The second-order valence-corrected chi connectivity index (χ2v) is 4.63. The summed E-state index contributed by atoms with van der Waals surface area (Å²) < 4.78 is 5.08. The highest BCUT2D eigenvalue weighted by Gasteiger charge is 2.17. The number of phenolic OH excluding ortho intramolecular Hbond substituents is 1. The summed E-state index contributed by atoms with van der Waals surface area (Å²) in [7, 11) is 0. The Morgan fingerprint density at radius 1 is 1.41 bits per heavy atom. The molecule has 0 aliphatic heterocycles. The highest BCUT2D eigenvalue weighted by atomic mass is 16.6. The smallest absolute Gasteiger partial charge is 0.412 e. The molecule has 5 heteroatoms. The van der Waals surface area contributed by atoms with Crippen molar-refractivity contribution in [1.82, 2.24) is 0 Å². The molecule has 0 saturated heterocycles. The molecule has 1 aromatic carbocycles. The van der Waals surface area contributed by atoms with Crippen molar-refractivity contribution in [3.63, 3.8) is 0 Å². The van der Waals surface area contributed by atoms with Crippen LogP contribution in [0.3, 0.4) is 0 Å². The van der Waals surface area contributed by atoms with Gasteiger partial charge in [0.15, 0.2) is 0 Å². The Kier molecular flexibility index (Phi) is 3.96. The molecule has 0 radical (unpaired) electrons. The van der Waals surface area contributed by atoms with Gasteiger partial charge >= 0.3 is 6.09 Å². The minimum Gasteiger partial charge on any atom is -0.508 e. The second kappa shape index (κ2) is 5.05. The molecule has 0 spiro atoms. The zero-order chi connectivity index (χ0) is 13.1. The van der Waals surface area contributed by atoms with Crippen LogP contribution in [0.15, 0.2) is 18.2 Å². The highest BCUT2D eigenvalue weighted by molar-refractivity contribution is 5.86. The van der Waals surface area contributed by atoms with E-state index in [4.69, 9.17) is 9.84 Å². The van der Waals surface area contributed by atoms with Crippen LogP contribution in [0, 0.1) is 0 Å². The van der Waals surface area contributed by atoms with E-state index in [9.17, 15) is 9.90 Å². The Bertz CT molecular complexity index is 409. The average molecular weight is 239 g/mol. The Hall–Kier alpha value is -1.75. The molecule has 0 heterocycles. The molecule has 17 heavy (non-hydrogen) atoms. The molecule has 0 saturated carbocycles. The van der Waals surface area contributed by atoms with Gasteiger partial charge in [0.25, 0.3) is 0 Å². The molecular formula is C12H17NO4. The first-order valence-corrected chi connectivity index (χ1v) is 5.24. The van der Waals surface area contributed by atoms with Gasteiger partial charge in [-0.1, -0.05) is 0 Å². The van der Waals surface area contributed by atoms with Crippen LogP contribution in [0.4, 0.5) is 10.5 Å². The molecule has 3 N–H and O–H groups in total. The summed E-state index contributed by atoms with van der Waals surface area (Å²) in [6, 6.07) is 4.31. The van der Waals surface area contributed by atoms with E-state index in [2.05, 4.69) is 5.32 Å². The minimum absolute atomic E-state index is 0.0313. The molecule has 0 unspecified atom stereocenters. The zero-order valence-electron chi connectivity index (χ0n) is 10.2. The monoisotopic (exact) mass is 239 g/mol. The Morgan fingerprint density at radius 3 is 2.59 bits per heavy atom. The Balaban J connectivity index is 2.78. The van der Waals surface area contributed by atoms with Gasteiger partial charge in [0.2, 0.25) is 0 Å². The standard InChI is InChI=1S/C12H17NO4/c1-12(2,3)17-11(16)13-10-5-4-9(15)6-8(10)7-14/h4-6,14-15H,7H2,1-3H3,(H,13,16). The first-order valence-electron chi connectivity index (χ1n) is 5.24. The maximum Gasteiger partial charge on any atom is 0.412 e. The van der Waals surface area contributed by atoms with Crippen LogP contribution < -0.4 is 5.32 Å². The lowest BCUT2D eigenvalue weighted by Gasteiger charge is -2.20. The number of benzene rings is 1. The van der Waals surface area contributed by atoms with Crippen molar-refractivity contribution in [2.45, 2.75) is 33.0 Å². The lowest BCUT2D eigenvalue weighted by molar-refractivity contribution is 0.0635. The number of hydrogen-bond acceptors (Lipinski definition) is 4. The van der Waals surface area contributed by atoms with Gasteiger partial charge in [-0.2, -0.15) is 0 Å². The zero-order valence-corrected chi connectivity index (χ0v) is 10.2. The molecule has 5 nitrogen and oxygen atoms in total. The number of aliphatic hydroxyl groups is 1. The third-order valence-corrected chi connectivity index (χ3v) is 1.89. The largest absolute Gasteiger partial charge is 0.508 e. The van der Waals surface area contributed by atoms with Crippen molar-refractivity contribution < 1.29 is 19.7 Å². The summed E-state index contributed by atoms with van der Waals surface area (Å²) in [5.41, 5.74) is 0.260. The quantitative estimate of drug-likeness (QED) is 0.691. The van der Waals surface area contributed by atoms with Crippen LogP contribution >= 0.6 is 0 Å². The van der Waals surface area contributed by atoms with Gasteiger partial charge in [-0.15, -0.1) is 0 Å². The van der Waals surface area contributed by atoms with Gasteiger partial charge in [0.1, 0.15) is 11.4 Å². The molecule has 0 atom stereocenters. The number of aromatic hydroxyl groups is 1. The lowest BCUT2D eigenvalue weighted by Crippen LogP contribution is -2.27. The predicted octanol–water partition coefficient (Wildman–Crippen LogP) is 2.23. The van der Waals surface area contributed by atoms with Gasteiger partial charge in [0.05, 0.1) is 6.61 Å². The Morgan fingerprint density at radius 2 is 2.06 bits per heavy atom. The Labute approximate surface area is 100 Å².